The zero-order valence-corrected chi connectivity index (χ0v) is 8.35. The van der Waals surface area contributed by atoms with Gasteiger partial charge in [0.1, 0.15) is 0 Å². The van der Waals surface area contributed by atoms with Gasteiger partial charge in [-0.25, -0.2) is 0 Å². The molecule has 0 atom stereocenters. The first-order valence-electron chi connectivity index (χ1n) is 4.22. The second-order valence-electron chi connectivity index (χ2n) is 2.01. The third kappa shape index (κ3) is 8.78. The van der Waals surface area contributed by atoms with Crippen molar-refractivity contribution < 1.29 is 0 Å². The number of rotatable bonds is 3. The molecule has 0 heterocycles. The number of hydrogen-bond acceptors (Lipinski definition) is 0. The molecule has 12 heavy (non-hydrogen) atoms. The Kier molecular flexibility index (Phi) is 10.9. The Hall–Kier alpha value is -1.22. The van der Waals surface area contributed by atoms with Gasteiger partial charge in [-0.3, -0.25) is 0 Å². The first-order valence-corrected chi connectivity index (χ1v) is 4.22. The van der Waals surface area contributed by atoms with Crippen molar-refractivity contribution in [2.75, 3.05) is 0 Å². The Labute approximate surface area is 76.7 Å². The van der Waals surface area contributed by atoms with Crippen LogP contribution in [0, 0.1) is 12.3 Å². The second kappa shape index (κ2) is 9.78. The highest BCUT2D eigenvalue weighted by molar-refractivity contribution is 5.35. The predicted octanol–water partition coefficient (Wildman–Crippen LogP) is 3.72. The van der Waals surface area contributed by atoms with Crippen LogP contribution in [0.4, 0.5) is 0 Å². The maximum Gasteiger partial charge on any atom is 0.0170 e. The number of allylic oxidation sites excluding steroid dienone is 4. The van der Waals surface area contributed by atoms with Gasteiger partial charge in [-0.05, 0) is 12.5 Å². The molecule has 0 aliphatic rings. The lowest BCUT2D eigenvalue weighted by Crippen LogP contribution is -1.70. The van der Waals surface area contributed by atoms with E-state index in [-0.39, 0.29) is 0 Å². The fourth-order valence-corrected chi connectivity index (χ4v) is 0.384. The summed E-state index contributed by atoms with van der Waals surface area (Å²) in [5.41, 5.74) is 1.76. The third-order valence-corrected chi connectivity index (χ3v) is 1.16. The molecule has 0 rings (SSSR count). The molecule has 0 saturated carbocycles. The first-order chi connectivity index (χ1) is 5.70. The van der Waals surface area contributed by atoms with Crippen molar-refractivity contribution >= 4 is 0 Å². The van der Waals surface area contributed by atoms with Crippen molar-refractivity contribution in [1.82, 2.24) is 0 Å². The summed E-state index contributed by atoms with van der Waals surface area (Å²) in [5.74, 6) is 2.42. The molecule has 0 bridgehead atoms. The van der Waals surface area contributed by atoms with Crippen LogP contribution in [0.2, 0.25) is 0 Å². The molecule has 0 aromatic carbocycles. The van der Waals surface area contributed by atoms with Gasteiger partial charge < -0.3 is 0 Å². The highest BCUT2D eigenvalue weighted by atomic mass is 13.9. The molecule has 0 amide bonds. The van der Waals surface area contributed by atoms with Crippen LogP contribution in [0.1, 0.15) is 27.2 Å². The van der Waals surface area contributed by atoms with Crippen molar-refractivity contribution in [3.8, 4) is 12.3 Å². The Morgan fingerprint density at radius 1 is 1.33 bits per heavy atom. The van der Waals surface area contributed by atoms with E-state index in [4.69, 9.17) is 6.42 Å². The zero-order valence-electron chi connectivity index (χ0n) is 8.35. The molecule has 0 aliphatic carbocycles. The van der Waals surface area contributed by atoms with Crippen molar-refractivity contribution in [3.05, 3.63) is 36.5 Å². The second-order valence-corrected chi connectivity index (χ2v) is 2.01. The van der Waals surface area contributed by atoms with Crippen molar-refractivity contribution in [1.29, 1.82) is 0 Å². The van der Waals surface area contributed by atoms with Gasteiger partial charge in [0.25, 0.3) is 0 Å². The summed E-state index contributed by atoms with van der Waals surface area (Å²) in [7, 11) is 0. The molecule has 0 unspecified atom stereocenters. The topological polar surface area (TPSA) is 0 Å². The smallest absolute Gasteiger partial charge is 0.0170 e. The van der Waals surface area contributed by atoms with E-state index in [2.05, 4.69) is 19.1 Å². The quantitative estimate of drug-likeness (QED) is 0.438. The molecule has 0 saturated heterocycles. The summed E-state index contributed by atoms with van der Waals surface area (Å²) >= 11 is 0. The van der Waals surface area contributed by atoms with E-state index in [0.717, 1.165) is 12.0 Å². The first kappa shape index (κ1) is 13.4. The summed E-state index contributed by atoms with van der Waals surface area (Å²) in [6, 6.07) is 0. The molecule has 0 aromatic heterocycles. The van der Waals surface area contributed by atoms with Gasteiger partial charge in [-0.1, -0.05) is 51.5 Å². The molecule has 0 aromatic rings. The average molecular weight is 162 g/mol. The minimum absolute atomic E-state index is 0.689. The summed E-state index contributed by atoms with van der Waals surface area (Å²) < 4.78 is 0. The Morgan fingerprint density at radius 2 is 1.83 bits per heavy atom. The lowest BCUT2D eigenvalue weighted by atomic mass is 10.2. The summed E-state index contributed by atoms with van der Waals surface area (Å²) in [6.45, 7) is 13.4. The van der Waals surface area contributed by atoms with Crippen LogP contribution in [0.5, 0.6) is 0 Å². The molecule has 66 valence electrons. The van der Waals surface area contributed by atoms with Crippen LogP contribution in [0.3, 0.4) is 0 Å². The van der Waals surface area contributed by atoms with Gasteiger partial charge in [0.15, 0.2) is 0 Å². The van der Waals surface area contributed by atoms with Crippen LogP contribution in [0.25, 0.3) is 0 Å². The maximum absolute atomic E-state index is 5.07. The minimum atomic E-state index is 0.689. The number of hydrogen-bond donors (Lipinski definition) is 0. The van der Waals surface area contributed by atoms with E-state index in [1.54, 1.807) is 6.08 Å². The standard InChI is InChI=1S/C10H12.C2H6/c1-5-9(3)7-8-10(4)6-2;1-2/h1,7-8H,3-4,6H2,2H3;1-2H3/b8-7-;. The van der Waals surface area contributed by atoms with Gasteiger partial charge in [-0.2, -0.15) is 0 Å². The van der Waals surface area contributed by atoms with E-state index in [9.17, 15) is 0 Å². The SMILES string of the molecule is C#CC(=C)/C=C\C(=C)CC.CC. The highest BCUT2D eigenvalue weighted by Gasteiger charge is 1.81. The fraction of sp³-hybridized carbons (Fsp3) is 0.333. The van der Waals surface area contributed by atoms with E-state index in [1.165, 1.54) is 0 Å². The lowest BCUT2D eigenvalue weighted by molar-refractivity contribution is 1.16. The van der Waals surface area contributed by atoms with E-state index < -0.39 is 0 Å². The summed E-state index contributed by atoms with van der Waals surface area (Å²) in [5, 5.41) is 0. The molecular weight excluding hydrogens is 144 g/mol. The van der Waals surface area contributed by atoms with Crippen LogP contribution in [-0.4, -0.2) is 0 Å². The van der Waals surface area contributed by atoms with Crippen LogP contribution >= 0.6 is 0 Å². The zero-order chi connectivity index (χ0) is 9.98. The van der Waals surface area contributed by atoms with Crippen molar-refractivity contribution in [3.63, 3.8) is 0 Å². The molecule has 0 fully saturated rings. The van der Waals surface area contributed by atoms with Crippen LogP contribution < -0.4 is 0 Å². The Bertz CT molecular complexity index is 199. The van der Waals surface area contributed by atoms with Gasteiger partial charge >= 0.3 is 0 Å². The third-order valence-electron chi connectivity index (χ3n) is 1.16. The average Bonchev–Trinajstić information content (AvgIpc) is 2.16. The predicted molar refractivity (Wildman–Crippen MR) is 57.9 cm³/mol. The van der Waals surface area contributed by atoms with E-state index >= 15 is 0 Å². The van der Waals surface area contributed by atoms with E-state index in [0.29, 0.717) is 5.57 Å². The van der Waals surface area contributed by atoms with Crippen LogP contribution in [-0.2, 0) is 0 Å². The molecule has 0 spiro atoms. The monoisotopic (exact) mass is 162 g/mol. The van der Waals surface area contributed by atoms with Crippen LogP contribution in [0.15, 0.2) is 36.5 Å². The molecule has 0 heteroatoms. The largest absolute Gasteiger partial charge is 0.115 e. The van der Waals surface area contributed by atoms with Gasteiger partial charge in [0, 0.05) is 5.57 Å². The molecule has 0 aliphatic heterocycles. The molecular formula is C12H18. The maximum atomic E-state index is 5.07. The Balaban J connectivity index is 0. The van der Waals surface area contributed by atoms with Gasteiger partial charge in [-0.15, -0.1) is 6.42 Å². The normalized spacial score (nSPS) is 8.17. The van der Waals surface area contributed by atoms with Crippen molar-refractivity contribution in [2.24, 2.45) is 0 Å². The molecule has 0 nitrogen and oxygen atoms in total. The van der Waals surface area contributed by atoms with E-state index in [1.807, 2.05) is 26.8 Å². The summed E-state index contributed by atoms with van der Waals surface area (Å²) in [6.07, 6.45) is 9.71. The lowest BCUT2D eigenvalue weighted by Gasteiger charge is -1.89. The molecule has 0 radical (unpaired) electrons. The fourth-order valence-electron chi connectivity index (χ4n) is 0.384. The minimum Gasteiger partial charge on any atom is -0.115 e. The molecule has 0 N–H and O–H groups in total. The Morgan fingerprint density at radius 3 is 2.17 bits per heavy atom. The van der Waals surface area contributed by atoms with Gasteiger partial charge in [0.05, 0.1) is 0 Å². The van der Waals surface area contributed by atoms with Crippen molar-refractivity contribution in [2.45, 2.75) is 27.2 Å². The number of terminal acetylenes is 1. The highest BCUT2D eigenvalue weighted by Crippen LogP contribution is 2.00. The van der Waals surface area contributed by atoms with Gasteiger partial charge in [0.2, 0.25) is 0 Å². The summed E-state index contributed by atoms with van der Waals surface area (Å²) in [4.78, 5) is 0.